The number of hydrogen-bond acceptors (Lipinski definition) is 6. The molecule has 0 saturated carbocycles. The molecule has 0 atom stereocenters. The van der Waals surface area contributed by atoms with Crippen LogP contribution in [0, 0.1) is 13.8 Å². The molecule has 2 N–H and O–H groups in total. The Labute approximate surface area is 199 Å². The average Bonchev–Trinajstić information content (AvgIpc) is 3.42. The minimum Gasteiger partial charge on any atom is -0.468 e. The summed E-state index contributed by atoms with van der Waals surface area (Å²) in [6.45, 7) is 7.26. The number of ether oxygens (including phenoxy) is 1. The number of amides is 1. The Morgan fingerprint density at radius 1 is 1.09 bits per heavy atom. The third-order valence-electron chi connectivity index (χ3n) is 5.42. The lowest BCUT2D eigenvalue weighted by atomic mass is 10.1. The Hall–Kier alpha value is -3.37. The van der Waals surface area contributed by atoms with Crippen molar-refractivity contribution in [3.05, 3.63) is 70.9 Å². The lowest BCUT2D eigenvalue weighted by molar-refractivity contribution is -0.115. The highest BCUT2D eigenvalue weighted by molar-refractivity contribution is 7.89. The number of H-pyrrole nitrogens is 1. The maximum absolute atomic E-state index is 13.6. The predicted octanol–water partition coefficient (Wildman–Crippen LogP) is 4.14. The van der Waals surface area contributed by atoms with Crippen LogP contribution < -0.4 is 5.32 Å². The first-order valence-corrected chi connectivity index (χ1v) is 12.4. The van der Waals surface area contributed by atoms with Gasteiger partial charge in [-0.2, -0.15) is 4.31 Å². The van der Waals surface area contributed by atoms with E-state index in [1.807, 2.05) is 0 Å². The quantitative estimate of drug-likeness (QED) is 0.415. The number of furan rings is 1. The molecule has 10 heteroatoms. The number of carbonyl (C=O) groups excluding carboxylic acids is 2. The normalized spacial score (nSPS) is 11.6. The van der Waals surface area contributed by atoms with Crippen molar-refractivity contribution < 1.29 is 27.2 Å². The van der Waals surface area contributed by atoms with Gasteiger partial charge in [0.15, 0.2) is 0 Å². The summed E-state index contributed by atoms with van der Waals surface area (Å²) in [4.78, 5) is 27.0. The number of nitrogens with zero attached hydrogens (tertiary/aromatic N) is 1. The van der Waals surface area contributed by atoms with Gasteiger partial charge in [0.1, 0.15) is 11.5 Å². The Balaban J connectivity index is 1.95. The lowest BCUT2D eigenvalue weighted by Gasteiger charge is -2.22. The van der Waals surface area contributed by atoms with Gasteiger partial charge in [-0.15, -0.1) is 0 Å². The van der Waals surface area contributed by atoms with E-state index >= 15 is 0 Å². The highest BCUT2D eigenvalue weighted by Crippen LogP contribution is 2.27. The molecule has 0 saturated heterocycles. The molecule has 0 aliphatic carbocycles. The molecule has 34 heavy (non-hydrogen) atoms. The summed E-state index contributed by atoms with van der Waals surface area (Å²) < 4.78 is 39.0. The van der Waals surface area contributed by atoms with Crippen LogP contribution >= 0.6 is 0 Å². The SMILES string of the molecule is CCOC(=O)c1[nH]c(C)c(CN(Cc2ccco2)S(=O)(=O)c2ccc(NC(=O)CC)cc2)c1C. The second-order valence-corrected chi connectivity index (χ2v) is 9.67. The number of sulfonamides is 1. The number of nitrogens with one attached hydrogen (secondary N) is 2. The molecular weight excluding hydrogens is 458 g/mol. The molecule has 0 aliphatic heterocycles. The zero-order valence-corrected chi connectivity index (χ0v) is 20.5. The predicted molar refractivity (Wildman–Crippen MR) is 127 cm³/mol. The lowest BCUT2D eigenvalue weighted by Crippen LogP contribution is -2.30. The van der Waals surface area contributed by atoms with Gasteiger partial charge in [0.25, 0.3) is 0 Å². The third-order valence-corrected chi connectivity index (χ3v) is 7.22. The number of benzene rings is 1. The minimum atomic E-state index is -3.95. The van der Waals surface area contributed by atoms with Crippen molar-refractivity contribution in [1.82, 2.24) is 9.29 Å². The van der Waals surface area contributed by atoms with Gasteiger partial charge < -0.3 is 19.5 Å². The summed E-state index contributed by atoms with van der Waals surface area (Å²) in [5.74, 6) is -0.169. The summed E-state index contributed by atoms with van der Waals surface area (Å²) in [5.41, 5.74) is 2.82. The summed E-state index contributed by atoms with van der Waals surface area (Å²) in [5, 5.41) is 2.70. The molecule has 0 unspecified atom stereocenters. The zero-order chi connectivity index (χ0) is 24.9. The Morgan fingerprint density at radius 3 is 2.38 bits per heavy atom. The van der Waals surface area contributed by atoms with Crippen LogP contribution in [0.3, 0.4) is 0 Å². The van der Waals surface area contributed by atoms with E-state index in [1.54, 1.807) is 52.0 Å². The molecule has 1 aromatic carbocycles. The van der Waals surface area contributed by atoms with E-state index in [-0.39, 0.29) is 30.5 Å². The molecule has 9 nitrogen and oxygen atoms in total. The van der Waals surface area contributed by atoms with E-state index in [4.69, 9.17) is 9.15 Å². The van der Waals surface area contributed by atoms with Crippen molar-refractivity contribution in [3.8, 4) is 0 Å². The molecule has 182 valence electrons. The van der Waals surface area contributed by atoms with Gasteiger partial charge in [-0.25, -0.2) is 13.2 Å². The zero-order valence-electron chi connectivity index (χ0n) is 19.7. The van der Waals surface area contributed by atoms with Gasteiger partial charge in [-0.1, -0.05) is 6.92 Å². The standard InChI is InChI=1S/C24H29N3O6S/c1-5-22(28)26-18-9-11-20(12-10-18)34(30,31)27(14-19-8-7-13-33-19)15-21-16(3)23(25-17(21)4)24(29)32-6-2/h7-13,25H,5-6,14-15H2,1-4H3,(H,26,28). The van der Waals surface area contributed by atoms with Crippen LogP contribution in [-0.4, -0.2) is 36.2 Å². The second kappa shape index (κ2) is 10.7. The molecule has 0 bridgehead atoms. The van der Waals surface area contributed by atoms with Gasteiger partial charge in [-0.3, -0.25) is 4.79 Å². The monoisotopic (exact) mass is 487 g/mol. The number of aryl methyl sites for hydroxylation is 1. The molecular formula is C24H29N3O6S. The molecule has 3 aromatic rings. The molecule has 2 heterocycles. The van der Waals surface area contributed by atoms with Crippen molar-refractivity contribution in [1.29, 1.82) is 0 Å². The topological polar surface area (TPSA) is 122 Å². The molecule has 0 radical (unpaired) electrons. The van der Waals surface area contributed by atoms with Gasteiger partial charge in [-0.05, 0) is 68.3 Å². The second-order valence-electron chi connectivity index (χ2n) is 7.73. The fourth-order valence-corrected chi connectivity index (χ4v) is 4.90. The summed E-state index contributed by atoms with van der Waals surface area (Å²) in [6, 6.07) is 9.41. The number of aromatic nitrogens is 1. The number of anilines is 1. The molecule has 3 rings (SSSR count). The van der Waals surface area contributed by atoms with Crippen LogP contribution in [0.4, 0.5) is 5.69 Å². The van der Waals surface area contributed by atoms with Crippen molar-refractivity contribution in [3.63, 3.8) is 0 Å². The van der Waals surface area contributed by atoms with Crippen LogP contribution in [0.15, 0.2) is 52.0 Å². The van der Waals surface area contributed by atoms with Crippen LogP contribution in [0.2, 0.25) is 0 Å². The van der Waals surface area contributed by atoms with Crippen LogP contribution in [0.5, 0.6) is 0 Å². The number of hydrogen-bond donors (Lipinski definition) is 2. The fraction of sp³-hybridized carbons (Fsp3) is 0.333. The van der Waals surface area contributed by atoms with Crippen LogP contribution in [0.25, 0.3) is 0 Å². The van der Waals surface area contributed by atoms with Crippen LogP contribution in [0.1, 0.15) is 53.3 Å². The summed E-state index contributed by atoms with van der Waals surface area (Å²) >= 11 is 0. The largest absolute Gasteiger partial charge is 0.468 e. The van der Waals surface area contributed by atoms with Crippen molar-refractivity contribution in [2.45, 2.75) is 52.1 Å². The maximum atomic E-state index is 13.6. The van der Waals surface area contributed by atoms with Crippen LogP contribution in [-0.2, 0) is 32.6 Å². The van der Waals surface area contributed by atoms with Gasteiger partial charge in [0.2, 0.25) is 15.9 Å². The minimum absolute atomic E-state index is 0.00244. The first-order chi connectivity index (χ1) is 16.2. The molecule has 0 spiro atoms. The van der Waals surface area contributed by atoms with Gasteiger partial charge in [0.05, 0.1) is 24.3 Å². The highest BCUT2D eigenvalue weighted by atomic mass is 32.2. The first-order valence-electron chi connectivity index (χ1n) is 10.9. The number of aromatic amines is 1. The molecule has 0 fully saturated rings. The first kappa shape index (κ1) is 25.3. The smallest absolute Gasteiger partial charge is 0.355 e. The fourth-order valence-electron chi connectivity index (χ4n) is 3.52. The Bertz CT molecular complexity index is 1240. The maximum Gasteiger partial charge on any atom is 0.355 e. The number of esters is 1. The summed E-state index contributed by atoms with van der Waals surface area (Å²) in [7, 11) is -3.95. The van der Waals surface area contributed by atoms with E-state index < -0.39 is 16.0 Å². The van der Waals surface area contributed by atoms with E-state index in [9.17, 15) is 18.0 Å². The van der Waals surface area contributed by atoms with E-state index in [2.05, 4.69) is 10.3 Å². The Morgan fingerprint density at radius 2 is 1.79 bits per heavy atom. The third kappa shape index (κ3) is 5.57. The Kier molecular flexibility index (Phi) is 7.95. The number of carbonyl (C=O) groups is 2. The number of rotatable bonds is 10. The van der Waals surface area contributed by atoms with Crippen molar-refractivity contribution in [2.24, 2.45) is 0 Å². The van der Waals surface area contributed by atoms with Gasteiger partial charge >= 0.3 is 5.97 Å². The molecule has 2 aromatic heterocycles. The van der Waals surface area contributed by atoms with Crippen molar-refractivity contribution >= 4 is 27.6 Å². The molecule has 1 amide bonds. The average molecular weight is 488 g/mol. The summed E-state index contributed by atoms with van der Waals surface area (Å²) in [6.07, 6.45) is 1.80. The van der Waals surface area contributed by atoms with E-state index in [1.165, 1.54) is 22.7 Å². The van der Waals surface area contributed by atoms with E-state index in [0.29, 0.717) is 40.4 Å². The highest BCUT2D eigenvalue weighted by Gasteiger charge is 2.29. The van der Waals surface area contributed by atoms with Gasteiger partial charge in [0, 0.05) is 24.3 Å². The molecule has 0 aliphatic rings. The van der Waals surface area contributed by atoms with Crippen molar-refractivity contribution in [2.75, 3.05) is 11.9 Å². The van der Waals surface area contributed by atoms with E-state index in [0.717, 1.165) is 0 Å².